The van der Waals surface area contributed by atoms with Crippen molar-refractivity contribution in [2.45, 2.75) is 56.0 Å². The number of rotatable bonds is 8. The lowest BCUT2D eigenvalue weighted by molar-refractivity contribution is -0.689. The zero-order valence-electron chi connectivity index (χ0n) is 40.7. The third kappa shape index (κ3) is 14.5. The van der Waals surface area contributed by atoms with Gasteiger partial charge in [0.1, 0.15) is 11.9 Å². The van der Waals surface area contributed by atoms with E-state index < -0.39 is 201 Å². The third-order valence-electron chi connectivity index (χ3n) is 12.5. The first-order chi connectivity index (χ1) is 38.0. The fourth-order valence-corrected chi connectivity index (χ4v) is 8.91. The highest BCUT2D eigenvalue weighted by atomic mass is 19.4. The van der Waals surface area contributed by atoms with Gasteiger partial charge in [0, 0.05) is 5.56 Å². The Hall–Kier alpha value is -8.27. The van der Waals surface area contributed by atoms with E-state index in [1.165, 1.54) is 0 Å². The van der Waals surface area contributed by atoms with E-state index >= 15 is 0 Å². The third-order valence-corrected chi connectivity index (χ3v) is 12.5. The van der Waals surface area contributed by atoms with E-state index in [1.54, 1.807) is 12.4 Å². The van der Waals surface area contributed by atoms with Gasteiger partial charge in [-0.2, -0.15) is 132 Å². The Bertz CT molecular complexity index is 3150. The largest absolute Gasteiger partial charge is 0.422 e. The second kappa shape index (κ2) is 22.1. The van der Waals surface area contributed by atoms with Gasteiger partial charge < -0.3 is 4.74 Å². The van der Waals surface area contributed by atoms with Crippen molar-refractivity contribution >= 4 is 34.0 Å². The number of carbonyl (C=O) groups is 1. The fraction of sp³-hybridized carbons (Fsp3) is 0.167. The predicted octanol–water partition coefficient (Wildman–Crippen LogP) is 15.0. The Balaban J connectivity index is 0.000000313. The molecule has 6 aromatic rings. The lowest BCUT2D eigenvalue weighted by Gasteiger charge is -2.46. The molecule has 0 atom stereocenters. The molecule has 0 bridgehead atoms. The van der Waals surface area contributed by atoms with Gasteiger partial charge in [-0.15, -0.1) is 0 Å². The molecule has 8 rings (SSSR count). The van der Waals surface area contributed by atoms with Crippen LogP contribution in [0, 0.1) is 0 Å². The summed E-state index contributed by atoms with van der Waals surface area (Å²) in [4.78, 5) is 16.6. The van der Waals surface area contributed by atoms with Gasteiger partial charge in [0.2, 0.25) is 11.9 Å². The van der Waals surface area contributed by atoms with Crippen LogP contribution in [0.3, 0.4) is 0 Å². The molecule has 1 aromatic heterocycles. The SMILES string of the molecule is FC(F)(F)c1cc([B-](c2cc(C(F)(F)F)cc(C(F)(F)F)c2)(c2cc(C(F)(F)F)cc(C(F)(F)F)c2)c2cc(C(F)(F)F)cc(C(F)(F)F)c2)cc(C(F)(F)F)c1.O=C(Oc1cc2cccccc-2c1)c1c[n+](Cc2ccccc2)ccn1. The second-order valence-electron chi connectivity index (χ2n) is 18.2. The van der Waals surface area contributed by atoms with E-state index in [1.807, 2.05) is 83.6 Å². The maximum absolute atomic E-state index is 14.2. The van der Waals surface area contributed by atoms with E-state index in [2.05, 4.69) is 4.98 Å². The molecule has 0 fully saturated rings. The zero-order valence-corrected chi connectivity index (χ0v) is 40.7. The van der Waals surface area contributed by atoms with Crippen molar-refractivity contribution in [3.8, 4) is 16.9 Å². The highest BCUT2D eigenvalue weighted by Gasteiger charge is 2.47. The molecule has 0 N–H and O–H groups in total. The molecular formula is C54H29BF24N2O2. The van der Waals surface area contributed by atoms with Crippen LogP contribution in [0.5, 0.6) is 5.75 Å². The molecule has 2 aliphatic rings. The number of hydrogen-bond donors (Lipinski definition) is 0. The van der Waals surface area contributed by atoms with E-state index in [0.717, 1.165) is 16.7 Å². The molecule has 4 nitrogen and oxygen atoms in total. The van der Waals surface area contributed by atoms with Crippen molar-refractivity contribution in [1.82, 2.24) is 4.98 Å². The fourth-order valence-electron chi connectivity index (χ4n) is 8.91. The van der Waals surface area contributed by atoms with Crippen LogP contribution >= 0.6 is 0 Å². The minimum absolute atomic E-state index is 0.277. The van der Waals surface area contributed by atoms with E-state index in [9.17, 15) is 110 Å². The Morgan fingerprint density at radius 1 is 0.386 bits per heavy atom. The number of carbonyl (C=O) groups excluding carboxylic acids is 1. The Morgan fingerprint density at radius 2 is 0.663 bits per heavy atom. The highest BCUT2D eigenvalue weighted by molar-refractivity contribution is 7.20. The maximum atomic E-state index is 14.2. The van der Waals surface area contributed by atoms with Crippen LogP contribution in [-0.4, -0.2) is 17.1 Å². The van der Waals surface area contributed by atoms with Gasteiger partial charge in [-0.1, -0.05) is 109 Å². The van der Waals surface area contributed by atoms with Crippen molar-refractivity contribution in [2.75, 3.05) is 0 Å². The normalized spacial score (nSPS) is 13.2. The molecule has 0 saturated heterocycles. The second-order valence-corrected chi connectivity index (χ2v) is 18.2. The van der Waals surface area contributed by atoms with Gasteiger partial charge in [0.05, 0.1) is 50.7 Å². The molecule has 0 radical (unpaired) electrons. The van der Waals surface area contributed by atoms with E-state index in [-0.39, 0.29) is 5.69 Å². The lowest BCUT2D eigenvalue weighted by atomic mass is 9.12. The molecule has 0 unspecified atom stereocenters. The Labute approximate surface area is 450 Å². The highest BCUT2D eigenvalue weighted by Crippen LogP contribution is 2.42. The average Bonchev–Trinajstić information content (AvgIpc) is 1.27. The van der Waals surface area contributed by atoms with Crippen LogP contribution in [0.25, 0.3) is 11.1 Å². The number of benzene rings is 5. The molecule has 0 saturated carbocycles. The molecule has 0 amide bonds. The number of esters is 1. The number of fused-ring (bicyclic) bond motifs is 1. The van der Waals surface area contributed by atoms with E-state index in [0.29, 0.717) is 12.3 Å². The molecule has 0 aliphatic heterocycles. The summed E-state index contributed by atoms with van der Waals surface area (Å²) in [7, 11) is 0. The van der Waals surface area contributed by atoms with Gasteiger partial charge >= 0.3 is 55.4 Å². The summed E-state index contributed by atoms with van der Waals surface area (Å²) in [6, 6.07) is 14.8. The van der Waals surface area contributed by atoms with Gasteiger partial charge in [-0.25, -0.2) is 9.78 Å². The van der Waals surface area contributed by atoms with Gasteiger partial charge in [-0.05, 0) is 47.5 Å². The predicted molar refractivity (Wildman–Crippen MR) is 248 cm³/mol. The number of hydrogen-bond acceptors (Lipinski definition) is 3. The summed E-state index contributed by atoms with van der Waals surface area (Å²) in [5.74, 6) is 0.0588. The minimum Gasteiger partial charge on any atom is -0.422 e. The van der Waals surface area contributed by atoms with Crippen molar-refractivity contribution in [1.29, 1.82) is 0 Å². The van der Waals surface area contributed by atoms with Gasteiger partial charge in [-0.3, -0.25) is 0 Å². The maximum Gasteiger partial charge on any atom is 0.416 e. The topological polar surface area (TPSA) is 43.1 Å². The van der Waals surface area contributed by atoms with Crippen LogP contribution in [0.2, 0.25) is 0 Å². The summed E-state index contributed by atoms with van der Waals surface area (Å²) >= 11 is 0. The van der Waals surface area contributed by atoms with Crippen LogP contribution in [0.4, 0.5) is 105 Å². The number of aromatic nitrogens is 2. The van der Waals surface area contributed by atoms with Crippen LogP contribution in [-0.2, 0) is 56.0 Å². The average molecular weight is 1200 g/mol. The van der Waals surface area contributed by atoms with Crippen molar-refractivity contribution in [2.24, 2.45) is 0 Å². The first-order valence-corrected chi connectivity index (χ1v) is 23.0. The first-order valence-electron chi connectivity index (χ1n) is 23.0. The Kier molecular flexibility index (Phi) is 16.6. The minimum atomic E-state index is -6.13. The molecule has 2 aliphatic carbocycles. The quantitative estimate of drug-likeness (QED) is 0.0659. The molecule has 5 aromatic carbocycles. The summed E-state index contributed by atoms with van der Waals surface area (Å²) in [5, 5.41) is 0. The van der Waals surface area contributed by atoms with Crippen molar-refractivity contribution in [3.63, 3.8) is 0 Å². The lowest BCUT2D eigenvalue weighted by Crippen LogP contribution is -2.75. The molecule has 83 heavy (non-hydrogen) atoms. The van der Waals surface area contributed by atoms with Gasteiger partial charge in [0.25, 0.3) is 0 Å². The van der Waals surface area contributed by atoms with E-state index in [4.69, 9.17) is 4.74 Å². The van der Waals surface area contributed by atoms with Crippen LogP contribution in [0.1, 0.15) is 60.6 Å². The molecule has 438 valence electrons. The van der Waals surface area contributed by atoms with Crippen molar-refractivity contribution < 1.29 is 119 Å². The zero-order chi connectivity index (χ0) is 61.7. The Morgan fingerprint density at radius 3 is 0.940 bits per heavy atom. The van der Waals surface area contributed by atoms with Crippen LogP contribution in [0.15, 0.2) is 164 Å². The summed E-state index contributed by atoms with van der Waals surface area (Å²) in [6.45, 7) is 0.667. The monoisotopic (exact) mass is 1200 g/mol. The van der Waals surface area contributed by atoms with Crippen molar-refractivity contribution in [3.05, 3.63) is 220 Å². The first kappa shape index (κ1) is 62.3. The number of ether oxygens (including phenoxy) is 1. The summed E-state index contributed by atoms with van der Waals surface area (Å²) < 4.78 is 348. The molecular weight excluding hydrogens is 1180 g/mol. The molecule has 29 heteroatoms. The van der Waals surface area contributed by atoms with Gasteiger partial charge in [0.15, 0.2) is 12.7 Å². The molecule has 1 heterocycles. The standard InChI is InChI=1S/C32H12BF24.C22H17N2O2/c34-25(35,36)13-1-14(26(37,38)39)6-21(5-13)33(22-7-15(27(40,41)42)2-16(8-22)28(43,44)45,23-9-17(29(46,47)48)3-18(10-23)30(49,50)51)24-11-19(31(52,53)54)4-20(12-24)32(55,56)57;25-22(26-20-13-18-9-5-2-6-10-19(18)14-20)21-16-24(12-11-23-21)15-17-7-3-1-4-8-17/h1-12H;1-14,16H,15H2/q-1;+1. The van der Waals surface area contributed by atoms with Crippen LogP contribution < -0.4 is 31.2 Å². The number of nitrogens with zero attached hydrogens (tertiary/aromatic N) is 2. The number of alkyl halides is 24. The number of halogens is 24. The molecule has 0 spiro atoms. The summed E-state index contributed by atoms with van der Waals surface area (Å²) in [5.41, 5.74) is -26.7. The smallest absolute Gasteiger partial charge is 0.416 e. The summed E-state index contributed by atoms with van der Waals surface area (Å²) in [6.07, 6.45) is -49.7.